The Kier molecular flexibility index (Phi) is 6.15. The topological polar surface area (TPSA) is 21.6 Å². The Labute approximate surface area is 186 Å². The molecule has 0 saturated heterocycles. The highest BCUT2D eigenvalue weighted by Gasteiger charge is 2.62. The van der Waals surface area contributed by atoms with Crippen molar-refractivity contribution in [3.63, 3.8) is 0 Å². The lowest BCUT2D eigenvalue weighted by atomic mass is 9.85. The van der Waals surface area contributed by atoms with Crippen molar-refractivity contribution in [3.05, 3.63) is 67.6 Å². The van der Waals surface area contributed by atoms with Gasteiger partial charge in [-0.05, 0) is 29.8 Å². The molecule has 0 aliphatic carbocycles. The van der Waals surface area contributed by atoms with Gasteiger partial charge in [0.2, 0.25) is 0 Å². The predicted molar refractivity (Wildman–Crippen MR) is 106 cm³/mol. The standard InChI is InChI=1S/C18H10Br3F6NO/c19-8-10-2-1-9(3-14(10)21)15-7-16(29-28-15,18(25,26)27)11-4-12(17(22,23)24)6-13(20)5-11/h1-6H,7-8H2. The van der Waals surface area contributed by atoms with Crippen LogP contribution in [0.15, 0.2) is 50.5 Å². The number of benzene rings is 2. The second-order valence-corrected chi connectivity index (χ2v) is 8.63. The van der Waals surface area contributed by atoms with Crippen molar-refractivity contribution < 1.29 is 31.2 Å². The third kappa shape index (κ3) is 4.36. The van der Waals surface area contributed by atoms with Gasteiger partial charge < -0.3 is 4.84 Å². The average molecular weight is 610 g/mol. The maximum Gasteiger partial charge on any atom is 0.435 e. The molecule has 0 aromatic heterocycles. The Bertz CT molecular complexity index is 973. The van der Waals surface area contributed by atoms with Gasteiger partial charge in [-0.1, -0.05) is 65.1 Å². The molecule has 1 atom stereocenters. The first-order valence-corrected chi connectivity index (χ1v) is 10.6. The minimum absolute atomic E-state index is 0.0160. The van der Waals surface area contributed by atoms with Gasteiger partial charge in [-0.25, -0.2) is 0 Å². The van der Waals surface area contributed by atoms with Gasteiger partial charge in [0.05, 0.1) is 11.3 Å². The lowest BCUT2D eigenvalue weighted by Gasteiger charge is -2.30. The maximum absolute atomic E-state index is 14.0. The number of rotatable bonds is 3. The highest BCUT2D eigenvalue weighted by molar-refractivity contribution is 9.11. The van der Waals surface area contributed by atoms with Crippen LogP contribution in [0.2, 0.25) is 0 Å². The van der Waals surface area contributed by atoms with Crippen molar-refractivity contribution in [2.24, 2.45) is 5.16 Å². The summed E-state index contributed by atoms with van der Waals surface area (Å²) in [6, 6.07) is 6.99. The van der Waals surface area contributed by atoms with E-state index in [0.29, 0.717) is 27.5 Å². The summed E-state index contributed by atoms with van der Waals surface area (Å²) in [6.45, 7) is 0. The van der Waals surface area contributed by atoms with Crippen LogP contribution in [-0.4, -0.2) is 11.9 Å². The van der Waals surface area contributed by atoms with Gasteiger partial charge in [0.25, 0.3) is 5.60 Å². The van der Waals surface area contributed by atoms with Crippen LogP contribution in [0.25, 0.3) is 0 Å². The summed E-state index contributed by atoms with van der Waals surface area (Å²) in [7, 11) is 0. The zero-order chi connectivity index (χ0) is 21.6. The monoisotopic (exact) mass is 607 g/mol. The van der Waals surface area contributed by atoms with Crippen LogP contribution in [0, 0.1) is 0 Å². The Morgan fingerprint density at radius 3 is 2.24 bits per heavy atom. The van der Waals surface area contributed by atoms with E-state index in [2.05, 4.69) is 52.9 Å². The maximum atomic E-state index is 14.0. The van der Waals surface area contributed by atoms with Crippen LogP contribution < -0.4 is 0 Å². The summed E-state index contributed by atoms with van der Waals surface area (Å²) in [5.41, 5.74) is -3.69. The third-order valence-corrected chi connectivity index (χ3v) is 6.21. The first-order valence-electron chi connectivity index (χ1n) is 7.92. The van der Waals surface area contributed by atoms with E-state index >= 15 is 0 Å². The number of oxime groups is 1. The molecule has 1 heterocycles. The Balaban J connectivity index is 2.06. The minimum atomic E-state index is -5.01. The quantitative estimate of drug-likeness (QED) is 0.258. The van der Waals surface area contributed by atoms with Gasteiger partial charge in [-0.3, -0.25) is 0 Å². The van der Waals surface area contributed by atoms with Gasteiger partial charge >= 0.3 is 12.4 Å². The molecule has 11 heteroatoms. The zero-order valence-corrected chi connectivity index (χ0v) is 18.9. The molecule has 0 bridgehead atoms. The molecule has 29 heavy (non-hydrogen) atoms. The molecule has 2 aromatic rings. The Morgan fingerprint density at radius 2 is 1.69 bits per heavy atom. The average Bonchev–Trinajstić information content (AvgIpc) is 3.07. The second-order valence-electron chi connectivity index (χ2n) is 6.30. The van der Waals surface area contributed by atoms with Crippen LogP contribution in [0.4, 0.5) is 26.3 Å². The number of alkyl halides is 7. The highest BCUT2D eigenvalue weighted by atomic mass is 79.9. The molecule has 0 fully saturated rings. The fourth-order valence-electron chi connectivity index (χ4n) is 2.88. The summed E-state index contributed by atoms with van der Waals surface area (Å²) in [4.78, 5) is 4.83. The van der Waals surface area contributed by atoms with Crippen molar-refractivity contribution in [2.75, 3.05) is 0 Å². The van der Waals surface area contributed by atoms with Crippen molar-refractivity contribution in [3.8, 4) is 0 Å². The van der Waals surface area contributed by atoms with Gasteiger partial charge in [-0.15, -0.1) is 0 Å². The van der Waals surface area contributed by atoms with Gasteiger partial charge in [0.1, 0.15) is 0 Å². The summed E-state index contributed by atoms with van der Waals surface area (Å²) in [6.07, 6.45) is -10.6. The summed E-state index contributed by atoms with van der Waals surface area (Å²) in [5.74, 6) is 0. The van der Waals surface area contributed by atoms with Crippen LogP contribution in [0.1, 0.15) is 28.7 Å². The second kappa shape index (κ2) is 7.88. The molecule has 0 N–H and O–H groups in total. The molecule has 1 unspecified atom stereocenters. The molecule has 0 amide bonds. The van der Waals surface area contributed by atoms with Crippen molar-refractivity contribution in [1.29, 1.82) is 0 Å². The van der Waals surface area contributed by atoms with E-state index in [0.717, 1.165) is 11.6 Å². The Hall–Kier alpha value is -1.07. The molecule has 3 rings (SSSR count). The highest BCUT2D eigenvalue weighted by Crippen LogP contribution is 2.50. The molecule has 156 valence electrons. The zero-order valence-electron chi connectivity index (χ0n) is 14.1. The van der Waals surface area contributed by atoms with Gasteiger partial charge in [0, 0.05) is 31.8 Å². The Morgan fingerprint density at radius 1 is 1.00 bits per heavy atom. The van der Waals surface area contributed by atoms with Gasteiger partial charge in [0.15, 0.2) is 0 Å². The number of hydrogen-bond donors (Lipinski definition) is 0. The van der Waals surface area contributed by atoms with Crippen molar-refractivity contribution in [1.82, 2.24) is 0 Å². The van der Waals surface area contributed by atoms with E-state index in [1.165, 1.54) is 0 Å². The third-order valence-electron chi connectivity index (χ3n) is 4.41. The summed E-state index contributed by atoms with van der Waals surface area (Å²) >= 11 is 9.48. The molecule has 1 aliphatic rings. The first kappa shape index (κ1) is 22.6. The van der Waals surface area contributed by atoms with Crippen molar-refractivity contribution in [2.45, 2.75) is 29.7 Å². The smallest absolute Gasteiger partial charge is 0.374 e. The molecule has 2 nitrogen and oxygen atoms in total. The van der Waals surface area contributed by atoms with E-state index in [1.807, 2.05) is 0 Å². The van der Waals surface area contributed by atoms with E-state index in [4.69, 9.17) is 4.84 Å². The first-order chi connectivity index (χ1) is 13.4. The summed E-state index contributed by atoms with van der Waals surface area (Å²) in [5, 5.41) is 4.12. The fourth-order valence-corrected chi connectivity index (χ4v) is 4.76. The van der Waals surface area contributed by atoms with Crippen LogP contribution >= 0.6 is 47.8 Å². The lowest BCUT2D eigenvalue weighted by Crippen LogP contribution is -2.43. The lowest BCUT2D eigenvalue weighted by molar-refractivity contribution is -0.276. The van der Waals surface area contributed by atoms with E-state index in [9.17, 15) is 26.3 Å². The summed E-state index contributed by atoms with van der Waals surface area (Å²) < 4.78 is 82.0. The molecule has 0 spiro atoms. The van der Waals surface area contributed by atoms with Crippen LogP contribution in [0.3, 0.4) is 0 Å². The van der Waals surface area contributed by atoms with E-state index in [1.54, 1.807) is 18.2 Å². The molecule has 1 aliphatic heterocycles. The fraction of sp³-hybridized carbons (Fsp3) is 0.278. The van der Waals surface area contributed by atoms with E-state index < -0.39 is 35.5 Å². The van der Waals surface area contributed by atoms with E-state index in [-0.39, 0.29) is 10.2 Å². The van der Waals surface area contributed by atoms with Crippen molar-refractivity contribution >= 4 is 53.5 Å². The normalized spacial score (nSPS) is 19.8. The largest absolute Gasteiger partial charge is 0.435 e. The molecule has 2 aromatic carbocycles. The molecule has 0 saturated carbocycles. The minimum Gasteiger partial charge on any atom is -0.374 e. The molecule has 0 radical (unpaired) electrons. The number of hydrogen-bond acceptors (Lipinski definition) is 2. The number of halogens is 9. The predicted octanol–water partition coefficient (Wildman–Crippen LogP) is 7.71. The van der Waals surface area contributed by atoms with Crippen LogP contribution in [-0.2, 0) is 21.9 Å². The molecular formula is C18H10Br3F6NO. The number of nitrogens with zero attached hydrogens (tertiary/aromatic N) is 1. The van der Waals surface area contributed by atoms with Gasteiger partial charge in [-0.2, -0.15) is 26.3 Å². The molecular weight excluding hydrogens is 600 g/mol. The van der Waals surface area contributed by atoms with Crippen LogP contribution in [0.5, 0.6) is 0 Å². The SMILES string of the molecule is FC(F)(F)c1cc(Br)cc(C2(C(F)(F)F)CC(c3ccc(CBr)c(Br)c3)=NO2)c1.